The van der Waals surface area contributed by atoms with Gasteiger partial charge in [0.15, 0.2) is 5.78 Å². The number of hydrogen-bond donors (Lipinski definition) is 3. The van der Waals surface area contributed by atoms with Gasteiger partial charge in [0.05, 0.1) is 6.04 Å². The summed E-state index contributed by atoms with van der Waals surface area (Å²) in [7, 11) is 1.91. The summed E-state index contributed by atoms with van der Waals surface area (Å²) in [6, 6.07) is 7.62. The normalized spacial score (nSPS) is 12.0. The maximum Gasteiger partial charge on any atom is 0.251 e. The van der Waals surface area contributed by atoms with Gasteiger partial charge in [0.25, 0.3) is 5.91 Å². The standard InChI is InChI=1S/C14H22N2OS.C9H17NO2.C2H6/c1-11(8-9-18-3)16-14(17)13-6-4-12(5-7-13)10-15-2;1-6(2)8(10-5-11)9(12)7(3)4;1-2/h4-7,11,15H,8-10H2,1-3H3,(H,16,17);5-8H,1-4H3,(H,10,11);1-2H3. The molecule has 6 nitrogen and oxygen atoms in total. The van der Waals surface area contributed by atoms with Crippen LogP contribution in [0, 0.1) is 11.8 Å². The van der Waals surface area contributed by atoms with E-state index < -0.39 is 0 Å². The number of ketones is 1. The van der Waals surface area contributed by atoms with Crippen LogP contribution in [0.3, 0.4) is 0 Å². The summed E-state index contributed by atoms with van der Waals surface area (Å²) in [5.41, 5.74) is 1.91. The van der Waals surface area contributed by atoms with Crippen LogP contribution < -0.4 is 16.0 Å². The molecule has 0 aliphatic heterocycles. The predicted molar refractivity (Wildman–Crippen MR) is 138 cm³/mol. The van der Waals surface area contributed by atoms with Gasteiger partial charge in [-0.05, 0) is 56.0 Å². The van der Waals surface area contributed by atoms with Gasteiger partial charge >= 0.3 is 0 Å². The van der Waals surface area contributed by atoms with Crippen molar-refractivity contribution in [1.29, 1.82) is 0 Å². The molecule has 0 saturated carbocycles. The Hall–Kier alpha value is -1.86. The first-order valence-electron chi connectivity index (χ1n) is 11.4. The Morgan fingerprint density at radius 2 is 1.59 bits per heavy atom. The molecule has 1 aromatic rings. The fourth-order valence-electron chi connectivity index (χ4n) is 2.69. The molecule has 0 aliphatic carbocycles. The zero-order valence-corrected chi connectivity index (χ0v) is 22.3. The van der Waals surface area contributed by atoms with E-state index in [4.69, 9.17) is 0 Å². The Labute approximate surface area is 200 Å². The Balaban J connectivity index is 0. The zero-order chi connectivity index (χ0) is 25.1. The van der Waals surface area contributed by atoms with Crippen molar-refractivity contribution >= 4 is 29.9 Å². The van der Waals surface area contributed by atoms with Crippen LogP contribution in [0.15, 0.2) is 24.3 Å². The molecule has 1 aromatic carbocycles. The molecule has 0 aliphatic rings. The van der Waals surface area contributed by atoms with E-state index in [1.165, 1.54) is 5.56 Å². The summed E-state index contributed by atoms with van der Waals surface area (Å²) in [4.78, 5) is 33.6. The Kier molecular flexibility index (Phi) is 20.0. The Morgan fingerprint density at radius 1 is 1.03 bits per heavy atom. The van der Waals surface area contributed by atoms with Crippen molar-refractivity contribution in [3.63, 3.8) is 0 Å². The number of carbonyl (C=O) groups excluding carboxylic acids is 3. The number of nitrogens with one attached hydrogen (secondary N) is 3. The molecule has 1 rings (SSSR count). The van der Waals surface area contributed by atoms with E-state index in [1.807, 2.05) is 79.8 Å². The molecular formula is C25H45N3O3S. The van der Waals surface area contributed by atoms with Crippen LogP contribution in [0.5, 0.6) is 0 Å². The van der Waals surface area contributed by atoms with Gasteiger partial charge in [-0.2, -0.15) is 11.8 Å². The summed E-state index contributed by atoms with van der Waals surface area (Å²) in [6.07, 6.45) is 3.67. The van der Waals surface area contributed by atoms with Crippen LogP contribution in [0.4, 0.5) is 0 Å². The largest absolute Gasteiger partial charge is 0.350 e. The fraction of sp³-hybridized carbons (Fsp3) is 0.640. The maximum absolute atomic E-state index is 12.0. The minimum absolute atomic E-state index is 0.0135. The molecule has 2 amide bonds. The lowest BCUT2D eigenvalue weighted by Gasteiger charge is -2.20. The van der Waals surface area contributed by atoms with Crippen molar-refractivity contribution < 1.29 is 14.4 Å². The minimum Gasteiger partial charge on any atom is -0.350 e. The molecule has 7 heteroatoms. The highest BCUT2D eigenvalue weighted by molar-refractivity contribution is 7.98. The monoisotopic (exact) mass is 467 g/mol. The third-order valence-electron chi connectivity index (χ3n) is 4.52. The van der Waals surface area contributed by atoms with Crippen molar-refractivity contribution in [3.05, 3.63) is 35.4 Å². The lowest BCUT2D eigenvalue weighted by Crippen LogP contribution is -2.42. The predicted octanol–water partition coefficient (Wildman–Crippen LogP) is 4.29. The van der Waals surface area contributed by atoms with Crippen molar-refractivity contribution in [2.75, 3.05) is 19.1 Å². The number of Topliss-reactive ketones (excluding diaryl/α,β-unsaturated/α-hetero) is 1. The van der Waals surface area contributed by atoms with Crippen LogP contribution in [0.25, 0.3) is 0 Å². The molecule has 0 aromatic heterocycles. The van der Waals surface area contributed by atoms with Gasteiger partial charge < -0.3 is 16.0 Å². The second-order valence-corrected chi connectivity index (χ2v) is 8.93. The van der Waals surface area contributed by atoms with Crippen LogP contribution in [0.2, 0.25) is 0 Å². The van der Waals surface area contributed by atoms with E-state index in [9.17, 15) is 14.4 Å². The first-order valence-corrected chi connectivity index (χ1v) is 12.8. The molecule has 0 spiro atoms. The second-order valence-electron chi connectivity index (χ2n) is 7.95. The van der Waals surface area contributed by atoms with E-state index in [-0.39, 0.29) is 35.6 Å². The third kappa shape index (κ3) is 14.2. The molecular weight excluding hydrogens is 422 g/mol. The van der Waals surface area contributed by atoms with Crippen molar-refractivity contribution in [2.24, 2.45) is 11.8 Å². The first kappa shape index (κ1) is 32.3. The van der Waals surface area contributed by atoms with Crippen LogP contribution in [-0.2, 0) is 16.1 Å². The molecule has 2 unspecified atom stereocenters. The Morgan fingerprint density at radius 3 is 2.00 bits per heavy atom. The molecule has 0 bridgehead atoms. The number of amides is 2. The van der Waals surface area contributed by atoms with Crippen molar-refractivity contribution in [1.82, 2.24) is 16.0 Å². The van der Waals surface area contributed by atoms with Gasteiger partial charge in [-0.25, -0.2) is 0 Å². The minimum atomic E-state index is -0.331. The summed E-state index contributed by atoms with van der Waals surface area (Å²) >= 11 is 1.80. The first-order chi connectivity index (χ1) is 15.2. The maximum atomic E-state index is 12.0. The highest BCUT2D eigenvalue weighted by atomic mass is 32.2. The summed E-state index contributed by atoms with van der Waals surface area (Å²) in [5.74, 6) is 1.31. The summed E-state index contributed by atoms with van der Waals surface area (Å²) in [6.45, 7) is 14.4. The van der Waals surface area contributed by atoms with Gasteiger partial charge in [-0.1, -0.05) is 53.7 Å². The van der Waals surface area contributed by atoms with Gasteiger partial charge in [-0.15, -0.1) is 0 Å². The number of carbonyl (C=O) groups is 3. The van der Waals surface area contributed by atoms with Gasteiger partial charge in [0.1, 0.15) is 0 Å². The quantitative estimate of drug-likeness (QED) is 0.399. The van der Waals surface area contributed by atoms with Gasteiger partial charge in [-0.3, -0.25) is 14.4 Å². The molecule has 32 heavy (non-hydrogen) atoms. The average Bonchev–Trinajstić information content (AvgIpc) is 2.77. The topological polar surface area (TPSA) is 87.3 Å². The van der Waals surface area contributed by atoms with E-state index >= 15 is 0 Å². The lowest BCUT2D eigenvalue weighted by molar-refractivity contribution is -0.127. The molecule has 2 atom stereocenters. The Bertz CT molecular complexity index is 634. The van der Waals surface area contributed by atoms with Gasteiger partial charge in [0.2, 0.25) is 6.41 Å². The van der Waals surface area contributed by atoms with E-state index in [2.05, 4.69) is 22.2 Å². The zero-order valence-electron chi connectivity index (χ0n) is 21.5. The number of benzene rings is 1. The van der Waals surface area contributed by atoms with Crippen LogP contribution >= 0.6 is 11.8 Å². The average molecular weight is 468 g/mol. The van der Waals surface area contributed by atoms with E-state index in [0.29, 0.717) is 6.41 Å². The SMILES string of the molecule is CC.CC(C)C(=O)C(NC=O)C(C)C.CNCc1ccc(C(=O)NC(C)CCSC)cc1. The number of rotatable bonds is 12. The van der Waals surface area contributed by atoms with E-state index in [1.54, 1.807) is 11.8 Å². The lowest BCUT2D eigenvalue weighted by atomic mass is 9.93. The second kappa shape index (κ2) is 19.8. The molecule has 0 saturated heterocycles. The molecule has 0 heterocycles. The summed E-state index contributed by atoms with van der Waals surface area (Å²) < 4.78 is 0. The van der Waals surface area contributed by atoms with Crippen molar-refractivity contribution in [2.45, 2.75) is 73.5 Å². The molecule has 0 fully saturated rings. The fourth-order valence-corrected chi connectivity index (χ4v) is 3.28. The molecule has 0 radical (unpaired) electrons. The van der Waals surface area contributed by atoms with Crippen LogP contribution in [-0.4, -0.2) is 49.2 Å². The molecule has 184 valence electrons. The third-order valence-corrected chi connectivity index (χ3v) is 5.16. The molecule has 3 N–H and O–H groups in total. The van der Waals surface area contributed by atoms with Crippen LogP contribution in [0.1, 0.15) is 70.8 Å². The smallest absolute Gasteiger partial charge is 0.251 e. The van der Waals surface area contributed by atoms with E-state index in [0.717, 1.165) is 24.3 Å². The summed E-state index contributed by atoms with van der Waals surface area (Å²) in [5, 5.41) is 8.63. The number of thioether (sulfide) groups is 1. The highest BCUT2D eigenvalue weighted by Crippen LogP contribution is 2.08. The number of hydrogen-bond acceptors (Lipinski definition) is 5. The van der Waals surface area contributed by atoms with Gasteiger partial charge in [0, 0.05) is 24.1 Å². The van der Waals surface area contributed by atoms with Crippen molar-refractivity contribution in [3.8, 4) is 0 Å². The highest BCUT2D eigenvalue weighted by Gasteiger charge is 2.23.